The highest BCUT2D eigenvalue weighted by Gasteiger charge is 2.21. The molecule has 2 rings (SSSR count). The first-order valence-corrected chi connectivity index (χ1v) is 8.64. The molecule has 6 heteroatoms. The maximum Gasteiger partial charge on any atom is 0.259 e. The molecule has 25 heavy (non-hydrogen) atoms. The van der Waals surface area contributed by atoms with Gasteiger partial charge in [-0.3, -0.25) is 9.69 Å². The second-order valence-corrected chi connectivity index (χ2v) is 6.16. The first-order chi connectivity index (χ1) is 12.0. The summed E-state index contributed by atoms with van der Waals surface area (Å²) < 4.78 is 11.7. The molecule has 1 aromatic heterocycles. The zero-order chi connectivity index (χ0) is 18.4. The summed E-state index contributed by atoms with van der Waals surface area (Å²) in [5.41, 5.74) is 1.36. The molecule has 0 N–H and O–H groups in total. The van der Waals surface area contributed by atoms with E-state index < -0.39 is 0 Å². The fraction of sp³-hybridized carbons (Fsp3) is 0.263. The highest BCUT2D eigenvalue weighted by molar-refractivity contribution is 9.10. The van der Waals surface area contributed by atoms with E-state index in [0.717, 1.165) is 10.0 Å². The van der Waals surface area contributed by atoms with Crippen LogP contribution in [0.3, 0.4) is 0 Å². The van der Waals surface area contributed by atoms with Gasteiger partial charge in [0.05, 0.1) is 14.2 Å². The van der Waals surface area contributed by atoms with Gasteiger partial charge in [0.15, 0.2) is 11.5 Å². The topological polar surface area (TPSA) is 51.7 Å². The number of methoxy groups -OCH3 is 2. The SMILES string of the molecule is C=CCc1cc(C(=O)N(CC)c2ccc(Br)cn2)cc(OC)c1OC. The number of anilines is 1. The number of benzene rings is 1. The lowest BCUT2D eigenvalue weighted by molar-refractivity contribution is 0.0987. The number of pyridine rings is 1. The van der Waals surface area contributed by atoms with Crippen molar-refractivity contribution in [3.8, 4) is 11.5 Å². The minimum Gasteiger partial charge on any atom is -0.493 e. The third-order valence-electron chi connectivity index (χ3n) is 3.72. The molecule has 5 nitrogen and oxygen atoms in total. The van der Waals surface area contributed by atoms with Gasteiger partial charge in [0.1, 0.15) is 5.82 Å². The van der Waals surface area contributed by atoms with Crippen LogP contribution in [0.15, 0.2) is 47.6 Å². The van der Waals surface area contributed by atoms with Crippen molar-refractivity contribution in [3.05, 3.63) is 58.7 Å². The van der Waals surface area contributed by atoms with E-state index in [1.807, 2.05) is 19.1 Å². The van der Waals surface area contributed by atoms with Crippen LogP contribution < -0.4 is 14.4 Å². The van der Waals surface area contributed by atoms with Crippen molar-refractivity contribution in [1.82, 2.24) is 4.98 Å². The smallest absolute Gasteiger partial charge is 0.259 e. The summed E-state index contributed by atoms with van der Waals surface area (Å²) in [6, 6.07) is 7.16. The van der Waals surface area contributed by atoms with Crippen molar-refractivity contribution in [2.24, 2.45) is 0 Å². The van der Waals surface area contributed by atoms with Gasteiger partial charge in [-0.15, -0.1) is 6.58 Å². The standard InChI is InChI=1S/C19H21BrN2O3/c1-5-7-13-10-14(11-16(24-3)18(13)25-4)19(23)22(6-2)17-9-8-15(20)12-21-17/h5,8-12H,1,6-7H2,2-4H3. The van der Waals surface area contributed by atoms with Gasteiger partial charge >= 0.3 is 0 Å². The molecule has 1 aromatic carbocycles. The second kappa shape index (κ2) is 8.67. The van der Waals surface area contributed by atoms with Crippen molar-refractivity contribution >= 4 is 27.7 Å². The molecule has 0 aliphatic heterocycles. The van der Waals surface area contributed by atoms with Gasteiger partial charge in [-0.2, -0.15) is 0 Å². The summed E-state index contributed by atoms with van der Waals surface area (Å²) >= 11 is 3.35. The summed E-state index contributed by atoms with van der Waals surface area (Å²) in [6.07, 6.45) is 4.01. The lowest BCUT2D eigenvalue weighted by atomic mass is 10.0. The van der Waals surface area contributed by atoms with Crippen LogP contribution in [-0.2, 0) is 6.42 Å². The summed E-state index contributed by atoms with van der Waals surface area (Å²) in [4.78, 5) is 19.0. The molecule has 1 heterocycles. The van der Waals surface area contributed by atoms with Gasteiger partial charge in [-0.05, 0) is 53.5 Å². The molecule has 1 amide bonds. The van der Waals surface area contributed by atoms with Crippen molar-refractivity contribution in [2.45, 2.75) is 13.3 Å². The third kappa shape index (κ3) is 4.20. The fourth-order valence-corrected chi connectivity index (χ4v) is 2.80. The number of carbonyl (C=O) groups is 1. The molecule has 0 bridgehead atoms. The highest BCUT2D eigenvalue weighted by atomic mass is 79.9. The normalized spacial score (nSPS) is 10.2. The Labute approximate surface area is 156 Å². The molecular formula is C19H21BrN2O3. The van der Waals surface area contributed by atoms with Crippen LogP contribution in [0.4, 0.5) is 5.82 Å². The molecule has 0 aliphatic rings. The van der Waals surface area contributed by atoms with Crippen LogP contribution >= 0.6 is 15.9 Å². The van der Waals surface area contributed by atoms with E-state index in [4.69, 9.17) is 9.47 Å². The Balaban J connectivity index is 2.47. The Hall–Kier alpha value is -2.34. The molecule has 0 aliphatic carbocycles. The summed E-state index contributed by atoms with van der Waals surface area (Å²) in [7, 11) is 3.13. The predicted octanol–water partition coefficient (Wildman–Crippen LogP) is 4.26. The fourth-order valence-electron chi connectivity index (χ4n) is 2.57. The van der Waals surface area contributed by atoms with Crippen LogP contribution in [0.5, 0.6) is 11.5 Å². The molecule has 0 fully saturated rings. The molecule has 0 saturated heterocycles. The van der Waals surface area contributed by atoms with E-state index in [9.17, 15) is 4.79 Å². The van der Waals surface area contributed by atoms with Gasteiger partial charge in [-0.25, -0.2) is 4.98 Å². The van der Waals surface area contributed by atoms with E-state index in [2.05, 4.69) is 27.5 Å². The van der Waals surface area contributed by atoms with Crippen LogP contribution in [0.25, 0.3) is 0 Å². The number of rotatable bonds is 7. The lowest BCUT2D eigenvalue weighted by Crippen LogP contribution is -2.31. The van der Waals surface area contributed by atoms with Gasteiger partial charge in [0.25, 0.3) is 5.91 Å². The zero-order valence-corrected chi connectivity index (χ0v) is 16.2. The third-order valence-corrected chi connectivity index (χ3v) is 4.19. The monoisotopic (exact) mass is 404 g/mol. The summed E-state index contributed by atoms with van der Waals surface area (Å²) in [5, 5.41) is 0. The van der Waals surface area contributed by atoms with E-state index in [-0.39, 0.29) is 5.91 Å². The average molecular weight is 405 g/mol. The van der Waals surface area contributed by atoms with Gasteiger partial charge in [0, 0.05) is 28.3 Å². The summed E-state index contributed by atoms with van der Waals surface area (Å²) in [6.45, 7) is 6.17. The first-order valence-electron chi connectivity index (χ1n) is 7.84. The Morgan fingerprint density at radius 2 is 2.08 bits per heavy atom. The van der Waals surface area contributed by atoms with Gasteiger partial charge in [0.2, 0.25) is 0 Å². The van der Waals surface area contributed by atoms with E-state index in [0.29, 0.717) is 35.8 Å². The number of hydrogen-bond acceptors (Lipinski definition) is 4. The largest absolute Gasteiger partial charge is 0.493 e. The van der Waals surface area contributed by atoms with Crippen molar-refractivity contribution in [1.29, 1.82) is 0 Å². The number of amides is 1. The predicted molar refractivity (Wildman–Crippen MR) is 103 cm³/mol. The van der Waals surface area contributed by atoms with Gasteiger partial charge < -0.3 is 9.47 Å². The van der Waals surface area contributed by atoms with Crippen molar-refractivity contribution < 1.29 is 14.3 Å². The van der Waals surface area contributed by atoms with E-state index >= 15 is 0 Å². The molecule has 0 atom stereocenters. The molecule has 132 valence electrons. The van der Waals surface area contributed by atoms with E-state index in [1.54, 1.807) is 43.5 Å². The Bertz CT molecular complexity index is 760. The van der Waals surface area contributed by atoms with E-state index in [1.165, 1.54) is 0 Å². The molecule has 0 spiro atoms. The van der Waals surface area contributed by atoms with Crippen molar-refractivity contribution in [3.63, 3.8) is 0 Å². The number of hydrogen-bond donors (Lipinski definition) is 0. The number of carbonyl (C=O) groups excluding carboxylic acids is 1. The first kappa shape index (κ1) is 19.0. The lowest BCUT2D eigenvalue weighted by Gasteiger charge is -2.21. The average Bonchev–Trinajstić information content (AvgIpc) is 2.63. The Morgan fingerprint density at radius 3 is 2.60 bits per heavy atom. The van der Waals surface area contributed by atoms with Crippen LogP contribution in [-0.4, -0.2) is 31.7 Å². The quantitative estimate of drug-likeness (QED) is 0.646. The maximum atomic E-state index is 13.0. The molecule has 0 radical (unpaired) electrons. The number of nitrogens with zero attached hydrogens (tertiary/aromatic N) is 2. The highest BCUT2D eigenvalue weighted by Crippen LogP contribution is 2.34. The Kier molecular flexibility index (Phi) is 6.58. The van der Waals surface area contributed by atoms with Gasteiger partial charge in [-0.1, -0.05) is 6.08 Å². The maximum absolute atomic E-state index is 13.0. The minimum atomic E-state index is -0.149. The molecule has 0 saturated carbocycles. The second-order valence-electron chi connectivity index (χ2n) is 5.25. The zero-order valence-electron chi connectivity index (χ0n) is 14.6. The molecular weight excluding hydrogens is 384 g/mol. The van der Waals surface area contributed by atoms with Crippen LogP contribution in [0.2, 0.25) is 0 Å². The van der Waals surface area contributed by atoms with Crippen LogP contribution in [0, 0.1) is 0 Å². The number of ether oxygens (including phenoxy) is 2. The molecule has 0 unspecified atom stereocenters. The van der Waals surface area contributed by atoms with Crippen molar-refractivity contribution in [2.75, 3.05) is 25.7 Å². The molecule has 2 aromatic rings. The number of allylic oxidation sites excluding steroid dienone is 1. The number of halogens is 1. The summed E-state index contributed by atoms with van der Waals surface area (Å²) in [5.74, 6) is 1.58. The minimum absolute atomic E-state index is 0.149. The van der Waals surface area contributed by atoms with Crippen LogP contribution in [0.1, 0.15) is 22.8 Å². The number of aromatic nitrogens is 1. The Morgan fingerprint density at radius 1 is 1.32 bits per heavy atom.